The summed E-state index contributed by atoms with van der Waals surface area (Å²) in [6, 6.07) is 10.3. The van der Waals surface area contributed by atoms with Gasteiger partial charge in [0.25, 0.3) is 0 Å². The number of benzene rings is 2. The van der Waals surface area contributed by atoms with Gasteiger partial charge >= 0.3 is 0 Å². The Labute approximate surface area is 189 Å². The van der Waals surface area contributed by atoms with Crippen LogP contribution in [0.1, 0.15) is 31.4 Å². The second-order valence-corrected chi connectivity index (χ2v) is 10.7. The van der Waals surface area contributed by atoms with E-state index in [1.54, 1.807) is 18.2 Å². The summed E-state index contributed by atoms with van der Waals surface area (Å²) in [5, 5.41) is 3.24. The van der Waals surface area contributed by atoms with Crippen LogP contribution < -0.4 is 10.2 Å². The van der Waals surface area contributed by atoms with Crippen LogP contribution in [0.3, 0.4) is 0 Å². The average Bonchev–Trinajstić information content (AvgIpc) is 3.00. The van der Waals surface area contributed by atoms with Crippen molar-refractivity contribution in [3.05, 3.63) is 57.0 Å². The summed E-state index contributed by atoms with van der Waals surface area (Å²) in [4.78, 5) is 26.0. The Morgan fingerprint density at radius 3 is 2.63 bits per heavy atom. The Bertz CT molecular complexity index is 1100. The summed E-state index contributed by atoms with van der Waals surface area (Å²) in [6.07, 6.45) is 0.388. The number of rotatable bonds is 6. The lowest BCUT2D eigenvalue weighted by molar-refractivity contribution is -0.121. The number of halogens is 2. The van der Waals surface area contributed by atoms with Gasteiger partial charge in [0.1, 0.15) is 0 Å². The standard InChI is InChI=1S/C21H22BrClN2O4S/c1-13-9-16-10-17(22)11-19(21(16)25(13)14(2)26)30(28,29)8-7-20(27)24-12-15-5-3-4-6-18(15)23/h3-6,10-11,13H,7-9,12H2,1-2H3,(H,24,27). The molecule has 0 spiro atoms. The lowest BCUT2D eigenvalue weighted by Crippen LogP contribution is -2.34. The number of amides is 2. The van der Waals surface area contributed by atoms with Crippen LogP contribution in [-0.4, -0.2) is 32.0 Å². The maximum atomic E-state index is 13.1. The second kappa shape index (κ2) is 9.08. The summed E-state index contributed by atoms with van der Waals surface area (Å²) < 4.78 is 26.8. The average molecular weight is 514 g/mol. The minimum atomic E-state index is -3.79. The molecule has 3 rings (SSSR count). The van der Waals surface area contributed by atoms with Crippen LogP contribution in [-0.2, 0) is 32.4 Å². The van der Waals surface area contributed by atoms with Gasteiger partial charge in [0, 0.05) is 35.4 Å². The molecule has 160 valence electrons. The van der Waals surface area contributed by atoms with E-state index in [0.717, 1.165) is 11.1 Å². The molecule has 1 aliphatic heterocycles. The largest absolute Gasteiger partial charge is 0.352 e. The molecule has 1 atom stereocenters. The van der Waals surface area contributed by atoms with E-state index in [2.05, 4.69) is 21.2 Å². The van der Waals surface area contributed by atoms with Crippen molar-refractivity contribution in [1.29, 1.82) is 0 Å². The van der Waals surface area contributed by atoms with Crippen LogP contribution in [0.2, 0.25) is 5.02 Å². The molecule has 1 unspecified atom stereocenters. The molecular formula is C21H22BrClN2O4S. The smallest absolute Gasteiger partial charge is 0.224 e. The van der Waals surface area contributed by atoms with Gasteiger partial charge in [0.2, 0.25) is 11.8 Å². The van der Waals surface area contributed by atoms with Crippen LogP contribution in [0.25, 0.3) is 0 Å². The van der Waals surface area contributed by atoms with E-state index in [0.29, 0.717) is 21.6 Å². The van der Waals surface area contributed by atoms with Crippen molar-refractivity contribution in [3.8, 4) is 0 Å². The van der Waals surface area contributed by atoms with Crippen LogP contribution in [0.5, 0.6) is 0 Å². The number of nitrogens with one attached hydrogen (secondary N) is 1. The zero-order valence-electron chi connectivity index (χ0n) is 16.6. The first kappa shape index (κ1) is 22.8. The lowest BCUT2D eigenvalue weighted by atomic mass is 10.1. The molecule has 0 aromatic heterocycles. The van der Waals surface area contributed by atoms with Crippen LogP contribution in [0.15, 0.2) is 45.8 Å². The molecule has 1 aliphatic rings. The molecule has 6 nitrogen and oxygen atoms in total. The van der Waals surface area contributed by atoms with Crippen molar-refractivity contribution in [3.63, 3.8) is 0 Å². The molecule has 2 aromatic carbocycles. The van der Waals surface area contributed by atoms with E-state index in [4.69, 9.17) is 11.6 Å². The highest BCUT2D eigenvalue weighted by atomic mass is 79.9. The minimum absolute atomic E-state index is 0.0744. The van der Waals surface area contributed by atoms with Crippen molar-refractivity contribution >= 4 is 54.9 Å². The van der Waals surface area contributed by atoms with Gasteiger partial charge in [-0.25, -0.2) is 8.42 Å². The molecule has 0 saturated carbocycles. The van der Waals surface area contributed by atoms with E-state index in [1.807, 2.05) is 19.1 Å². The van der Waals surface area contributed by atoms with Crippen LogP contribution >= 0.6 is 27.5 Å². The third-order valence-electron chi connectivity index (χ3n) is 5.02. The third-order valence-corrected chi connectivity index (χ3v) is 7.57. The highest BCUT2D eigenvalue weighted by Crippen LogP contribution is 2.40. The van der Waals surface area contributed by atoms with E-state index in [-0.39, 0.29) is 41.5 Å². The van der Waals surface area contributed by atoms with Gasteiger partial charge in [-0.05, 0) is 42.7 Å². The molecule has 1 N–H and O–H groups in total. The molecule has 1 heterocycles. The summed E-state index contributed by atoms with van der Waals surface area (Å²) >= 11 is 9.44. The number of fused-ring (bicyclic) bond motifs is 1. The van der Waals surface area contributed by atoms with Gasteiger partial charge in [-0.2, -0.15) is 0 Å². The SMILES string of the molecule is CC(=O)N1c2c(cc(Br)cc2S(=O)(=O)CCC(=O)NCc2ccccc2Cl)CC1C. The molecule has 9 heteroatoms. The quantitative estimate of drug-likeness (QED) is 0.635. The van der Waals surface area contributed by atoms with Gasteiger partial charge in [0.15, 0.2) is 9.84 Å². The number of carbonyl (C=O) groups is 2. The first-order valence-corrected chi connectivity index (χ1v) is 12.3. The number of sulfone groups is 1. The van der Waals surface area contributed by atoms with E-state index >= 15 is 0 Å². The maximum absolute atomic E-state index is 13.1. The fourth-order valence-corrected chi connectivity index (χ4v) is 6.02. The van der Waals surface area contributed by atoms with Crippen LogP contribution in [0.4, 0.5) is 5.69 Å². The fourth-order valence-electron chi connectivity index (χ4n) is 3.65. The zero-order valence-corrected chi connectivity index (χ0v) is 19.8. The minimum Gasteiger partial charge on any atom is -0.352 e. The van der Waals surface area contributed by atoms with Gasteiger partial charge < -0.3 is 10.2 Å². The second-order valence-electron chi connectivity index (χ2n) is 7.29. The van der Waals surface area contributed by atoms with Crippen LogP contribution in [0, 0.1) is 0 Å². The zero-order chi connectivity index (χ0) is 22.1. The van der Waals surface area contributed by atoms with Crippen molar-refractivity contribution in [2.45, 2.75) is 44.2 Å². The molecule has 0 aliphatic carbocycles. The Morgan fingerprint density at radius 2 is 1.97 bits per heavy atom. The summed E-state index contributed by atoms with van der Waals surface area (Å²) in [5.74, 6) is -0.955. The number of anilines is 1. The summed E-state index contributed by atoms with van der Waals surface area (Å²) in [7, 11) is -3.79. The predicted octanol–water partition coefficient (Wildman–Crippen LogP) is 3.88. The van der Waals surface area contributed by atoms with E-state index in [1.165, 1.54) is 17.9 Å². The number of carbonyl (C=O) groups excluding carboxylic acids is 2. The lowest BCUT2D eigenvalue weighted by Gasteiger charge is -2.23. The topological polar surface area (TPSA) is 83.6 Å². The maximum Gasteiger partial charge on any atom is 0.224 e. The number of nitrogens with zero attached hydrogens (tertiary/aromatic N) is 1. The van der Waals surface area contributed by atoms with Crippen molar-refractivity contribution in [2.24, 2.45) is 0 Å². The molecule has 2 aromatic rings. The number of hydrogen-bond donors (Lipinski definition) is 1. The van der Waals surface area contributed by atoms with E-state index < -0.39 is 9.84 Å². The molecule has 0 radical (unpaired) electrons. The van der Waals surface area contributed by atoms with Crippen molar-refractivity contribution in [2.75, 3.05) is 10.7 Å². The highest BCUT2D eigenvalue weighted by Gasteiger charge is 2.35. The molecule has 0 fully saturated rings. The fraction of sp³-hybridized carbons (Fsp3) is 0.333. The predicted molar refractivity (Wildman–Crippen MR) is 120 cm³/mol. The van der Waals surface area contributed by atoms with Gasteiger partial charge in [-0.1, -0.05) is 45.7 Å². The Hall–Kier alpha value is -1.90. The monoisotopic (exact) mass is 512 g/mol. The Morgan fingerprint density at radius 1 is 1.27 bits per heavy atom. The molecule has 30 heavy (non-hydrogen) atoms. The normalized spacial score (nSPS) is 15.7. The Kier molecular flexibility index (Phi) is 6.89. The van der Waals surface area contributed by atoms with Crippen molar-refractivity contribution in [1.82, 2.24) is 5.32 Å². The first-order chi connectivity index (χ1) is 14.1. The summed E-state index contributed by atoms with van der Waals surface area (Å²) in [5.41, 5.74) is 1.98. The van der Waals surface area contributed by atoms with Gasteiger partial charge in [-0.15, -0.1) is 0 Å². The molecule has 2 amide bonds. The van der Waals surface area contributed by atoms with E-state index in [9.17, 15) is 18.0 Å². The molecule has 0 bridgehead atoms. The molecular weight excluding hydrogens is 492 g/mol. The highest BCUT2D eigenvalue weighted by molar-refractivity contribution is 9.10. The van der Waals surface area contributed by atoms with Crippen molar-refractivity contribution < 1.29 is 18.0 Å². The first-order valence-electron chi connectivity index (χ1n) is 9.45. The third kappa shape index (κ3) is 4.87. The van der Waals surface area contributed by atoms with Gasteiger partial charge in [-0.3, -0.25) is 9.59 Å². The summed E-state index contributed by atoms with van der Waals surface area (Å²) in [6.45, 7) is 3.53. The molecule has 0 saturated heterocycles. The number of hydrogen-bond acceptors (Lipinski definition) is 4. The van der Waals surface area contributed by atoms with Gasteiger partial charge in [0.05, 0.1) is 16.3 Å². The Balaban J connectivity index is 1.76.